The molecule has 1 aliphatic carbocycles. The smallest absolute Gasteiger partial charge is 0.177 e. The highest BCUT2D eigenvalue weighted by Crippen LogP contribution is 2.34. The third kappa shape index (κ3) is 3.32. The average Bonchev–Trinajstić information content (AvgIpc) is 3.05. The number of piperidine rings is 1. The van der Waals surface area contributed by atoms with Crippen molar-refractivity contribution >= 4 is 5.65 Å². The van der Waals surface area contributed by atoms with Gasteiger partial charge >= 0.3 is 0 Å². The molecule has 0 bridgehead atoms. The van der Waals surface area contributed by atoms with Gasteiger partial charge in [-0.3, -0.25) is 4.90 Å². The Morgan fingerprint density at radius 3 is 2.44 bits per heavy atom. The van der Waals surface area contributed by atoms with Crippen molar-refractivity contribution in [1.29, 1.82) is 0 Å². The van der Waals surface area contributed by atoms with Crippen LogP contribution < -0.4 is 0 Å². The fourth-order valence-corrected chi connectivity index (χ4v) is 4.08. The molecule has 7 heteroatoms. The van der Waals surface area contributed by atoms with Gasteiger partial charge in [-0.25, -0.2) is 9.97 Å². The minimum atomic E-state index is 0.419. The molecule has 0 atom stereocenters. The van der Waals surface area contributed by atoms with Crippen LogP contribution in [0.3, 0.4) is 0 Å². The first-order valence-electron chi connectivity index (χ1n) is 9.98. The lowest BCUT2D eigenvalue weighted by atomic mass is 9.85. The van der Waals surface area contributed by atoms with E-state index in [2.05, 4.69) is 30.2 Å². The summed E-state index contributed by atoms with van der Waals surface area (Å²) in [5.74, 6) is 3.06. The van der Waals surface area contributed by atoms with Gasteiger partial charge in [-0.2, -0.15) is 9.61 Å². The van der Waals surface area contributed by atoms with Crippen LogP contribution in [0.1, 0.15) is 66.8 Å². The predicted molar refractivity (Wildman–Crippen MR) is 101 cm³/mol. The van der Waals surface area contributed by atoms with E-state index in [0.717, 1.165) is 55.5 Å². The number of nitrogens with zero attached hydrogens (tertiary/aromatic N) is 7. The molecule has 3 aromatic rings. The molecule has 0 radical (unpaired) electrons. The number of fused-ring (bicyclic) bond motifs is 1. The van der Waals surface area contributed by atoms with Crippen molar-refractivity contribution in [3.8, 4) is 0 Å². The van der Waals surface area contributed by atoms with E-state index >= 15 is 0 Å². The van der Waals surface area contributed by atoms with Crippen LogP contribution in [-0.2, 0) is 6.54 Å². The van der Waals surface area contributed by atoms with Crippen LogP contribution in [0.5, 0.6) is 0 Å². The van der Waals surface area contributed by atoms with Crippen molar-refractivity contribution in [2.45, 2.75) is 57.4 Å². The number of hydrogen-bond acceptors (Lipinski definition) is 6. The molecule has 1 aliphatic heterocycles. The molecular formula is C20H25N7. The van der Waals surface area contributed by atoms with Crippen LogP contribution in [0.4, 0.5) is 0 Å². The van der Waals surface area contributed by atoms with Crippen molar-refractivity contribution in [3.05, 3.63) is 47.4 Å². The number of aromatic nitrogens is 6. The Morgan fingerprint density at radius 1 is 0.963 bits per heavy atom. The van der Waals surface area contributed by atoms with Crippen molar-refractivity contribution < 1.29 is 0 Å². The van der Waals surface area contributed by atoms with Crippen LogP contribution in [0.15, 0.2) is 24.5 Å². The molecule has 3 aromatic heterocycles. The predicted octanol–water partition coefficient (Wildman–Crippen LogP) is 2.87. The fourth-order valence-electron chi connectivity index (χ4n) is 4.08. The molecule has 27 heavy (non-hydrogen) atoms. The van der Waals surface area contributed by atoms with Gasteiger partial charge in [-0.15, -0.1) is 10.2 Å². The summed E-state index contributed by atoms with van der Waals surface area (Å²) in [6.07, 6.45) is 10.0. The van der Waals surface area contributed by atoms with Crippen LogP contribution in [0.25, 0.3) is 5.65 Å². The largest absolute Gasteiger partial charge is 0.299 e. The van der Waals surface area contributed by atoms with Crippen LogP contribution >= 0.6 is 0 Å². The van der Waals surface area contributed by atoms with E-state index in [-0.39, 0.29) is 0 Å². The molecule has 4 heterocycles. The van der Waals surface area contributed by atoms with E-state index in [9.17, 15) is 0 Å². The maximum atomic E-state index is 4.60. The second kappa shape index (κ2) is 6.96. The van der Waals surface area contributed by atoms with E-state index in [1.165, 1.54) is 24.8 Å². The molecule has 0 N–H and O–H groups in total. The number of hydrogen-bond donors (Lipinski definition) is 0. The quantitative estimate of drug-likeness (QED) is 0.710. The van der Waals surface area contributed by atoms with Crippen LogP contribution in [0, 0.1) is 6.92 Å². The Labute approximate surface area is 158 Å². The molecule has 7 nitrogen and oxygen atoms in total. The van der Waals surface area contributed by atoms with Crippen molar-refractivity contribution in [2.75, 3.05) is 13.1 Å². The summed E-state index contributed by atoms with van der Waals surface area (Å²) in [4.78, 5) is 11.7. The molecule has 1 saturated heterocycles. The van der Waals surface area contributed by atoms with E-state index in [4.69, 9.17) is 0 Å². The average molecular weight is 363 g/mol. The van der Waals surface area contributed by atoms with Gasteiger partial charge in [-0.05, 0) is 57.8 Å². The maximum absolute atomic E-state index is 4.60. The summed E-state index contributed by atoms with van der Waals surface area (Å²) in [6, 6.07) is 3.97. The maximum Gasteiger partial charge on any atom is 0.177 e. The number of likely N-dealkylation sites (tertiary alicyclic amines) is 1. The molecule has 2 aliphatic rings. The highest BCUT2D eigenvalue weighted by molar-refractivity contribution is 5.36. The number of rotatable bonds is 4. The Balaban J connectivity index is 1.21. The molecular weight excluding hydrogens is 338 g/mol. The topological polar surface area (TPSA) is 72.1 Å². The van der Waals surface area contributed by atoms with Crippen molar-refractivity contribution in [3.63, 3.8) is 0 Å². The summed E-state index contributed by atoms with van der Waals surface area (Å²) >= 11 is 0. The zero-order valence-electron chi connectivity index (χ0n) is 15.8. The van der Waals surface area contributed by atoms with Crippen molar-refractivity contribution in [2.24, 2.45) is 0 Å². The third-order valence-corrected chi connectivity index (χ3v) is 5.97. The second-order valence-corrected chi connectivity index (χ2v) is 7.93. The normalized spacial score (nSPS) is 19.4. The van der Waals surface area contributed by atoms with Gasteiger partial charge in [-0.1, -0.05) is 6.42 Å². The van der Waals surface area contributed by atoms with Gasteiger partial charge in [0.05, 0.1) is 5.69 Å². The van der Waals surface area contributed by atoms with E-state index in [0.29, 0.717) is 11.8 Å². The van der Waals surface area contributed by atoms with Crippen LogP contribution in [-0.4, -0.2) is 47.8 Å². The monoisotopic (exact) mass is 363 g/mol. The second-order valence-electron chi connectivity index (χ2n) is 7.93. The fraction of sp³-hybridized carbons (Fsp3) is 0.550. The van der Waals surface area contributed by atoms with Crippen LogP contribution in [0.2, 0.25) is 0 Å². The first-order valence-corrected chi connectivity index (χ1v) is 9.98. The lowest BCUT2D eigenvalue weighted by Crippen LogP contribution is -2.33. The minimum Gasteiger partial charge on any atom is -0.299 e. The highest BCUT2D eigenvalue weighted by Gasteiger charge is 2.26. The minimum absolute atomic E-state index is 0.419. The summed E-state index contributed by atoms with van der Waals surface area (Å²) in [6.45, 7) is 5.03. The first kappa shape index (κ1) is 16.7. The van der Waals surface area contributed by atoms with E-state index < -0.39 is 0 Å². The van der Waals surface area contributed by atoms with Gasteiger partial charge < -0.3 is 0 Å². The molecule has 0 aromatic carbocycles. The lowest BCUT2D eigenvalue weighted by molar-refractivity contribution is 0.200. The zero-order chi connectivity index (χ0) is 18.2. The zero-order valence-corrected chi connectivity index (χ0v) is 15.8. The molecule has 1 saturated carbocycles. The molecule has 0 unspecified atom stereocenters. The molecule has 2 fully saturated rings. The lowest BCUT2D eigenvalue weighted by Gasteiger charge is -2.31. The van der Waals surface area contributed by atoms with Gasteiger partial charge in [0.15, 0.2) is 11.5 Å². The summed E-state index contributed by atoms with van der Waals surface area (Å²) < 4.78 is 1.92. The van der Waals surface area contributed by atoms with E-state index in [1.807, 2.05) is 36.0 Å². The standard InChI is InChI=1S/C20H25N7/c1-14-5-6-18-23-24-20(27(18)25-14)17-7-9-26(10-8-17)13-15-11-21-19(22-12-15)16-3-2-4-16/h5-6,11-12,16-17H,2-4,7-10,13H2,1H3. The van der Waals surface area contributed by atoms with Gasteiger partial charge in [0.1, 0.15) is 5.82 Å². The summed E-state index contributed by atoms with van der Waals surface area (Å²) in [5.41, 5.74) is 3.04. The number of aryl methyl sites for hydroxylation is 1. The first-order chi connectivity index (χ1) is 13.3. The Morgan fingerprint density at radius 2 is 1.74 bits per heavy atom. The molecule has 0 amide bonds. The van der Waals surface area contributed by atoms with Crippen molar-refractivity contribution in [1.82, 2.24) is 34.7 Å². The molecule has 5 rings (SSSR count). The Kier molecular flexibility index (Phi) is 4.32. The van der Waals surface area contributed by atoms with Gasteiger partial charge in [0, 0.05) is 36.3 Å². The Bertz CT molecular complexity index is 921. The summed E-state index contributed by atoms with van der Waals surface area (Å²) in [5, 5.41) is 13.3. The molecule has 140 valence electrons. The third-order valence-electron chi connectivity index (χ3n) is 5.97. The van der Waals surface area contributed by atoms with E-state index in [1.54, 1.807) is 0 Å². The van der Waals surface area contributed by atoms with Gasteiger partial charge in [0.25, 0.3) is 0 Å². The SMILES string of the molecule is Cc1ccc2nnc(C3CCN(Cc4cnc(C5CCC5)nc4)CC3)n2n1. The van der Waals surface area contributed by atoms with Gasteiger partial charge in [0.2, 0.25) is 0 Å². The highest BCUT2D eigenvalue weighted by atomic mass is 15.4. The summed E-state index contributed by atoms with van der Waals surface area (Å²) in [7, 11) is 0. The Hall–Kier alpha value is -2.41. The molecule has 0 spiro atoms.